The monoisotopic (exact) mass is 181 g/mol. The zero-order chi connectivity index (χ0) is 9.52. The molecule has 0 aromatic heterocycles. The van der Waals surface area contributed by atoms with Gasteiger partial charge in [0.2, 0.25) is 0 Å². The highest BCUT2D eigenvalue weighted by Gasteiger charge is 1.99. The van der Waals surface area contributed by atoms with E-state index in [0.717, 1.165) is 11.3 Å². The van der Waals surface area contributed by atoms with E-state index in [0.29, 0.717) is 13.2 Å². The van der Waals surface area contributed by atoms with Crippen molar-refractivity contribution in [3.63, 3.8) is 0 Å². The molecule has 1 rings (SSSR count). The summed E-state index contributed by atoms with van der Waals surface area (Å²) >= 11 is 0. The largest absolute Gasteiger partial charge is 0.467 e. The van der Waals surface area contributed by atoms with E-state index < -0.39 is 0 Å². The maximum atomic E-state index is 5.53. The molecule has 0 bridgehead atoms. The van der Waals surface area contributed by atoms with Crippen LogP contribution in [0.1, 0.15) is 12.5 Å². The minimum Gasteiger partial charge on any atom is -0.467 e. The van der Waals surface area contributed by atoms with Gasteiger partial charge in [-0.25, -0.2) is 0 Å². The maximum absolute atomic E-state index is 5.53. The second-order valence-electron chi connectivity index (χ2n) is 2.57. The predicted molar refractivity (Wildman–Crippen MR) is 51.5 cm³/mol. The molecule has 3 nitrogen and oxygen atoms in total. The van der Waals surface area contributed by atoms with Gasteiger partial charge in [0.1, 0.15) is 5.75 Å². The van der Waals surface area contributed by atoms with Gasteiger partial charge in [-0.2, -0.15) is 0 Å². The average molecular weight is 181 g/mol. The van der Waals surface area contributed by atoms with Crippen LogP contribution in [0.2, 0.25) is 0 Å². The third-order valence-electron chi connectivity index (χ3n) is 1.69. The van der Waals surface area contributed by atoms with Crippen molar-refractivity contribution < 1.29 is 9.47 Å². The normalized spacial score (nSPS) is 10.0. The first kappa shape index (κ1) is 10.0. The van der Waals surface area contributed by atoms with Gasteiger partial charge >= 0.3 is 0 Å². The van der Waals surface area contributed by atoms with Crippen LogP contribution in [0, 0.1) is 0 Å². The Labute approximate surface area is 78.5 Å². The molecule has 0 fully saturated rings. The zero-order valence-corrected chi connectivity index (χ0v) is 7.82. The first-order valence-corrected chi connectivity index (χ1v) is 4.37. The number of rotatable bonds is 5. The Kier molecular flexibility index (Phi) is 4.29. The molecule has 0 spiro atoms. The predicted octanol–water partition coefficient (Wildman–Crippen LogP) is 1.52. The molecule has 0 heterocycles. The molecule has 72 valence electrons. The Hall–Kier alpha value is -1.06. The highest BCUT2D eigenvalue weighted by molar-refractivity contribution is 5.32. The van der Waals surface area contributed by atoms with Crippen LogP contribution in [0.15, 0.2) is 24.3 Å². The average Bonchev–Trinajstić information content (AvgIpc) is 2.19. The molecule has 0 saturated heterocycles. The smallest absolute Gasteiger partial charge is 0.189 e. The molecular weight excluding hydrogens is 166 g/mol. The van der Waals surface area contributed by atoms with Crippen LogP contribution in [0.4, 0.5) is 0 Å². The van der Waals surface area contributed by atoms with Gasteiger partial charge in [-0.15, -0.1) is 0 Å². The van der Waals surface area contributed by atoms with Gasteiger partial charge in [0.15, 0.2) is 6.79 Å². The third kappa shape index (κ3) is 3.05. The molecule has 0 aliphatic carbocycles. The fraction of sp³-hybridized carbons (Fsp3) is 0.400. The van der Waals surface area contributed by atoms with Crippen LogP contribution in [-0.2, 0) is 11.3 Å². The van der Waals surface area contributed by atoms with Crippen molar-refractivity contribution in [2.45, 2.75) is 13.5 Å². The van der Waals surface area contributed by atoms with Crippen LogP contribution in [0.25, 0.3) is 0 Å². The molecule has 13 heavy (non-hydrogen) atoms. The number of hydrogen-bond acceptors (Lipinski definition) is 3. The van der Waals surface area contributed by atoms with Crippen LogP contribution in [-0.4, -0.2) is 13.4 Å². The number of nitrogens with two attached hydrogens (primary N) is 1. The number of ether oxygens (including phenoxy) is 2. The Balaban J connectivity index is 2.54. The molecule has 1 aromatic rings. The van der Waals surface area contributed by atoms with Crippen LogP contribution >= 0.6 is 0 Å². The third-order valence-corrected chi connectivity index (χ3v) is 1.69. The highest BCUT2D eigenvalue weighted by atomic mass is 16.7. The van der Waals surface area contributed by atoms with Crippen LogP contribution < -0.4 is 10.5 Å². The maximum Gasteiger partial charge on any atom is 0.189 e. The fourth-order valence-electron chi connectivity index (χ4n) is 1.00. The van der Waals surface area contributed by atoms with Gasteiger partial charge in [0.25, 0.3) is 0 Å². The lowest BCUT2D eigenvalue weighted by Gasteiger charge is -2.09. The van der Waals surface area contributed by atoms with Crippen molar-refractivity contribution in [1.82, 2.24) is 0 Å². The first-order valence-electron chi connectivity index (χ1n) is 4.37. The standard InChI is InChI=1S/C10H15NO2/c1-2-12-8-13-10-6-4-3-5-9(10)7-11/h3-6H,2,7-8,11H2,1H3. The van der Waals surface area contributed by atoms with E-state index in [9.17, 15) is 0 Å². The van der Waals surface area contributed by atoms with Gasteiger partial charge in [-0.3, -0.25) is 0 Å². The summed E-state index contributed by atoms with van der Waals surface area (Å²) in [7, 11) is 0. The Morgan fingerprint density at radius 2 is 2.08 bits per heavy atom. The molecular formula is C10H15NO2. The van der Waals surface area contributed by atoms with Crippen molar-refractivity contribution in [2.24, 2.45) is 5.73 Å². The molecule has 2 N–H and O–H groups in total. The van der Waals surface area contributed by atoms with Gasteiger partial charge < -0.3 is 15.2 Å². The minimum absolute atomic E-state index is 0.285. The van der Waals surface area contributed by atoms with Crippen molar-refractivity contribution in [1.29, 1.82) is 0 Å². The lowest BCUT2D eigenvalue weighted by Crippen LogP contribution is -2.06. The Morgan fingerprint density at radius 1 is 1.31 bits per heavy atom. The summed E-state index contributed by atoms with van der Waals surface area (Å²) in [4.78, 5) is 0. The summed E-state index contributed by atoms with van der Waals surface area (Å²) in [5, 5.41) is 0. The first-order chi connectivity index (χ1) is 6.38. The molecule has 0 aliphatic heterocycles. The number of para-hydroxylation sites is 1. The SMILES string of the molecule is CCOCOc1ccccc1CN. The molecule has 0 aliphatic rings. The number of hydrogen-bond donors (Lipinski definition) is 1. The lowest BCUT2D eigenvalue weighted by molar-refractivity contribution is 0.0218. The molecule has 0 radical (unpaired) electrons. The summed E-state index contributed by atoms with van der Waals surface area (Å²) in [6.45, 7) is 3.36. The molecule has 0 amide bonds. The number of benzene rings is 1. The van der Waals surface area contributed by atoms with Crippen molar-refractivity contribution in [2.75, 3.05) is 13.4 Å². The Morgan fingerprint density at radius 3 is 2.77 bits per heavy atom. The van der Waals surface area contributed by atoms with E-state index >= 15 is 0 Å². The van der Waals surface area contributed by atoms with E-state index in [1.165, 1.54) is 0 Å². The van der Waals surface area contributed by atoms with E-state index in [4.69, 9.17) is 15.2 Å². The second-order valence-corrected chi connectivity index (χ2v) is 2.57. The molecule has 0 saturated carbocycles. The van der Waals surface area contributed by atoms with Gasteiger partial charge in [-0.1, -0.05) is 18.2 Å². The second kappa shape index (κ2) is 5.56. The summed E-state index contributed by atoms with van der Waals surface area (Å²) < 4.78 is 10.4. The summed E-state index contributed by atoms with van der Waals surface area (Å²) in [6.07, 6.45) is 0. The Bertz CT molecular complexity index is 250. The van der Waals surface area contributed by atoms with Crippen molar-refractivity contribution >= 4 is 0 Å². The molecule has 0 atom stereocenters. The molecule has 3 heteroatoms. The van der Waals surface area contributed by atoms with Gasteiger partial charge in [0.05, 0.1) is 0 Å². The molecule has 1 aromatic carbocycles. The van der Waals surface area contributed by atoms with Crippen molar-refractivity contribution in [3.05, 3.63) is 29.8 Å². The van der Waals surface area contributed by atoms with E-state index in [1.807, 2.05) is 31.2 Å². The summed E-state index contributed by atoms with van der Waals surface area (Å²) in [5.74, 6) is 0.804. The highest BCUT2D eigenvalue weighted by Crippen LogP contribution is 2.16. The zero-order valence-electron chi connectivity index (χ0n) is 7.82. The lowest BCUT2D eigenvalue weighted by atomic mass is 10.2. The van der Waals surface area contributed by atoms with Gasteiger partial charge in [0, 0.05) is 18.7 Å². The van der Waals surface area contributed by atoms with Crippen molar-refractivity contribution in [3.8, 4) is 5.75 Å². The van der Waals surface area contributed by atoms with Crippen LogP contribution in [0.3, 0.4) is 0 Å². The topological polar surface area (TPSA) is 44.5 Å². The van der Waals surface area contributed by atoms with E-state index in [2.05, 4.69) is 0 Å². The van der Waals surface area contributed by atoms with E-state index in [-0.39, 0.29) is 6.79 Å². The van der Waals surface area contributed by atoms with E-state index in [1.54, 1.807) is 0 Å². The summed E-state index contributed by atoms with van der Waals surface area (Å²) in [6, 6.07) is 7.69. The summed E-state index contributed by atoms with van der Waals surface area (Å²) in [5.41, 5.74) is 6.54. The minimum atomic E-state index is 0.285. The van der Waals surface area contributed by atoms with Crippen LogP contribution in [0.5, 0.6) is 5.75 Å². The quantitative estimate of drug-likeness (QED) is 0.553. The van der Waals surface area contributed by atoms with Gasteiger partial charge in [-0.05, 0) is 13.0 Å². The fourth-order valence-corrected chi connectivity index (χ4v) is 1.00. The molecule has 0 unspecified atom stereocenters.